The SMILES string of the molecule is COc1cccc2c(-c3ccccc3S)cccc12. The minimum atomic E-state index is 0.899. The normalized spacial score (nSPS) is 10.6. The average molecular weight is 266 g/mol. The lowest BCUT2D eigenvalue weighted by Crippen LogP contribution is -1.87. The van der Waals surface area contributed by atoms with Crippen LogP contribution in [0.1, 0.15) is 0 Å². The van der Waals surface area contributed by atoms with Crippen molar-refractivity contribution in [1.29, 1.82) is 0 Å². The molecule has 0 unspecified atom stereocenters. The molecule has 3 rings (SSSR count). The van der Waals surface area contributed by atoms with E-state index in [1.165, 1.54) is 10.9 Å². The maximum atomic E-state index is 5.43. The fourth-order valence-corrected chi connectivity index (χ4v) is 2.68. The van der Waals surface area contributed by atoms with Crippen molar-refractivity contribution >= 4 is 23.4 Å². The largest absolute Gasteiger partial charge is 0.496 e. The van der Waals surface area contributed by atoms with Gasteiger partial charge < -0.3 is 4.74 Å². The third kappa shape index (κ3) is 2.08. The number of hydrogen-bond donors (Lipinski definition) is 1. The van der Waals surface area contributed by atoms with Gasteiger partial charge in [0.05, 0.1) is 7.11 Å². The summed E-state index contributed by atoms with van der Waals surface area (Å²) in [7, 11) is 1.70. The highest BCUT2D eigenvalue weighted by atomic mass is 32.1. The Hall–Kier alpha value is -1.93. The Balaban J connectivity index is 2.34. The van der Waals surface area contributed by atoms with Crippen LogP contribution in [0.2, 0.25) is 0 Å². The van der Waals surface area contributed by atoms with Crippen molar-refractivity contribution in [3.8, 4) is 16.9 Å². The Morgan fingerprint density at radius 3 is 2.21 bits per heavy atom. The molecule has 0 aliphatic rings. The van der Waals surface area contributed by atoms with Crippen LogP contribution in [0.15, 0.2) is 65.6 Å². The van der Waals surface area contributed by atoms with Crippen LogP contribution in [-0.4, -0.2) is 7.11 Å². The lowest BCUT2D eigenvalue weighted by molar-refractivity contribution is 0.420. The van der Waals surface area contributed by atoms with Gasteiger partial charge in [-0.1, -0.05) is 48.5 Å². The molecule has 0 amide bonds. The molecule has 19 heavy (non-hydrogen) atoms. The topological polar surface area (TPSA) is 9.23 Å². The van der Waals surface area contributed by atoms with Crippen LogP contribution in [0.5, 0.6) is 5.75 Å². The monoisotopic (exact) mass is 266 g/mol. The van der Waals surface area contributed by atoms with Crippen molar-refractivity contribution in [2.75, 3.05) is 7.11 Å². The number of thiol groups is 1. The summed E-state index contributed by atoms with van der Waals surface area (Å²) < 4.78 is 5.43. The van der Waals surface area contributed by atoms with Crippen LogP contribution in [0.4, 0.5) is 0 Å². The van der Waals surface area contributed by atoms with Gasteiger partial charge in [0.1, 0.15) is 5.75 Å². The van der Waals surface area contributed by atoms with Gasteiger partial charge in [0.25, 0.3) is 0 Å². The molecule has 0 aliphatic carbocycles. The Kier molecular flexibility index (Phi) is 3.18. The van der Waals surface area contributed by atoms with Gasteiger partial charge >= 0.3 is 0 Å². The number of rotatable bonds is 2. The zero-order chi connectivity index (χ0) is 13.2. The van der Waals surface area contributed by atoms with E-state index in [4.69, 9.17) is 4.74 Å². The minimum absolute atomic E-state index is 0.899. The van der Waals surface area contributed by atoms with Gasteiger partial charge in [-0.15, -0.1) is 12.6 Å². The number of ether oxygens (including phenoxy) is 1. The summed E-state index contributed by atoms with van der Waals surface area (Å²) in [6.07, 6.45) is 0. The molecule has 94 valence electrons. The van der Waals surface area contributed by atoms with Crippen LogP contribution in [-0.2, 0) is 0 Å². The van der Waals surface area contributed by atoms with Gasteiger partial charge in [0.2, 0.25) is 0 Å². The van der Waals surface area contributed by atoms with Crippen molar-refractivity contribution < 1.29 is 4.74 Å². The smallest absolute Gasteiger partial charge is 0.126 e. The van der Waals surface area contributed by atoms with Crippen LogP contribution in [0.25, 0.3) is 21.9 Å². The second kappa shape index (κ2) is 4.98. The molecule has 0 heterocycles. The highest BCUT2D eigenvalue weighted by molar-refractivity contribution is 7.80. The van der Waals surface area contributed by atoms with Crippen molar-refractivity contribution in [1.82, 2.24) is 0 Å². The van der Waals surface area contributed by atoms with Crippen molar-refractivity contribution in [3.63, 3.8) is 0 Å². The molecule has 2 heteroatoms. The molecule has 0 saturated carbocycles. The van der Waals surface area contributed by atoms with Crippen molar-refractivity contribution in [2.45, 2.75) is 4.90 Å². The summed E-state index contributed by atoms with van der Waals surface area (Å²) in [5.41, 5.74) is 2.33. The summed E-state index contributed by atoms with van der Waals surface area (Å²) in [5.74, 6) is 0.899. The average Bonchev–Trinajstić information content (AvgIpc) is 2.46. The summed E-state index contributed by atoms with van der Waals surface area (Å²) in [4.78, 5) is 0.984. The molecule has 0 bridgehead atoms. The Morgan fingerprint density at radius 1 is 0.737 bits per heavy atom. The third-order valence-corrected chi connectivity index (χ3v) is 3.69. The fourth-order valence-electron chi connectivity index (χ4n) is 2.40. The van der Waals surface area contributed by atoms with E-state index in [1.54, 1.807) is 7.11 Å². The summed E-state index contributed by atoms with van der Waals surface area (Å²) in [6, 6.07) is 20.5. The predicted octanol–water partition coefficient (Wildman–Crippen LogP) is 4.80. The molecule has 1 nitrogen and oxygen atoms in total. The number of hydrogen-bond acceptors (Lipinski definition) is 2. The van der Waals surface area contributed by atoms with E-state index >= 15 is 0 Å². The highest BCUT2D eigenvalue weighted by Gasteiger charge is 2.08. The first kappa shape index (κ1) is 12.1. The summed E-state index contributed by atoms with van der Waals surface area (Å²) in [6.45, 7) is 0. The second-order valence-electron chi connectivity index (χ2n) is 4.38. The van der Waals surface area contributed by atoms with Gasteiger partial charge in [-0.25, -0.2) is 0 Å². The van der Waals surface area contributed by atoms with E-state index in [2.05, 4.69) is 43.0 Å². The van der Waals surface area contributed by atoms with Gasteiger partial charge in [-0.05, 0) is 28.6 Å². The molecule has 0 aromatic heterocycles. The minimum Gasteiger partial charge on any atom is -0.496 e. The van der Waals surface area contributed by atoms with E-state index in [0.717, 1.165) is 21.6 Å². The molecule has 0 saturated heterocycles. The van der Waals surface area contributed by atoms with Crippen molar-refractivity contribution in [3.05, 3.63) is 60.7 Å². The zero-order valence-electron chi connectivity index (χ0n) is 10.6. The first-order valence-electron chi connectivity index (χ1n) is 6.15. The number of fused-ring (bicyclic) bond motifs is 1. The van der Waals surface area contributed by atoms with Gasteiger partial charge in [-0.3, -0.25) is 0 Å². The lowest BCUT2D eigenvalue weighted by atomic mass is 9.98. The standard InChI is InChI=1S/C17H14OS/c1-18-16-10-5-8-12-13(7-4-9-14(12)16)15-6-2-3-11-17(15)19/h2-11,19H,1H3. The van der Waals surface area contributed by atoms with Crippen LogP contribution in [0.3, 0.4) is 0 Å². The molecule has 0 fully saturated rings. The number of methoxy groups -OCH3 is 1. The third-order valence-electron chi connectivity index (χ3n) is 3.30. The maximum Gasteiger partial charge on any atom is 0.126 e. The zero-order valence-corrected chi connectivity index (χ0v) is 11.5. The van der Waals surface area contributed by atoms with Crippen LogP contribution < -0.4 is 4.74 Å². The predicted molar refractivity (Wildman–Crippen MR) is 83.2 cm³/mol. The highest BCUT2D eigenvalue weighted by Crippen LogP contribution is 2.35. The molecule has 0 N–H and O–H groups in total. The summed E-state index contributed by atoms with van der Waals surface area (Å²) >= 11 is 4.55. The first-order valence-corrected chi connectivity index (χ1v) is 6.60. The van der Waals surface area contributed by atoms with E-state index in [-0.39, 0.29) is 0 Å². The number of benzene rings is 3. The molecule has 3 aromatic rings. The van der Waals surface area contributed by atoms with E-state index < -0.39 is 0 Å². The Morgan fingerprint density at radius 2 is 1.42 bits per heavy atom. The van der Waals surface area contributed by atoms with E-state index in [1.807, 2.05) is 30.3 Å². The molecule has 0 aliphatic heterocycles. The summed E-state index contributed by atoms with van der Waals surface area (Å²) in [5, 5.41) is 2.31. The lowest BCUT2D eigenvalue weighted by Gasteiger charge is -2.11. The Bertz CT molecular complexity index is 734. The van der Waals surface area contributed by atoms with E-state index in [9.17, 15) is 0 Å². The molecule has 0 atom stereocenters. The van der Waals surface area contributed by atoms with Gasteiger partial charge in [0, 0.05) is 10.3 Å². The van der Waals surface area contributed by atoms with Gasteiger partial charge in [0.15, 0.2) is 0 Å². The molecular formula is C17H14OS. The maximum absolute atomic E-state index is 5.43. The van der Waals surface area contributed by atoms with Crippen LogP contribution in [0, 0.1) is 0 Å². The second-order valence-corrected chi connectivity index (χ2v) is 4.86. The van der Waals surface area contributed by atoms with Gasteiger partial charge in [-0.2, -0.15) is 0 Å². The molecule has 0 radical (unpaired) electrons. The molecular weight excluding hydrogens is 252 g/mol. The quantitative estimate of drug-likeness (QED) is 0.655. The van der Waals surface area contributed by atoms with Crippen molar-refractivity contribution in [2.24, 2.45) is 0 Å². The molecule has 0 spiro atoms. The fraction of sp³-hybridized carbons (Fsp3) is 0.0588. The first-order chi connectivity index (χ1) is 9.31. The Labute approximate surface area is 118 Å². The van der Waals surface area contributed by atoms with E-state index in [0.29, 0.717) is 0 Å². The van der Waals surface area contributed by atoms with Crippen LogP contribution >= 0.6 is 12.6 Å². The molecule has 3 aromatic carbocycles.